The predicted octanol–water partition coefficient (Wildman–Crippen LogP) is 3.73. The highest BCUT2D eigenvalue weighted by Gasteiger charge is 2.23. The minimum Gasteiger partial charge on any atom is -0.388 e. The van der Waals surface area contributed by atoms with Gasteiger partial charge in [0.25, 0.3) is 0 Å². The molecule has 0 aliphatic carbocycles. The first kappa shape index (κ1) is 15.0. The van der Waals surface area contributed by atoms with Crippen LogP contribution < -0.4 is 5.73 Å². The maximum atomic E-state index is 10.7. The van der Waals surface area contributed by atoms with Crippen LogP contribution in [0.1, 0.15) is 34.3 Å². The lowest BCUT2D eigenvalue weighted by Gasteiger charge is -2.24. The summed E-state index contributed by atoms with van der Waals surface area (Å²) in [6.07, 6.45) is -0.700. The van der Waals surface area contributed by atoms with E-state index in [1.54, 1.807) is 0 Å². The van der Waals surface area contributed by atoms with E-state index in [2.05, 4.69) is 6.07 Å². The van der Waals surface area contributed by atoms with Crippen molar-refractivity contribution < 1.29 is 5.11 Å². The number of benzene rings is 2. The third-order valence-corrected chi connectivity index (χ3v) is 4.16. The number of nitrogens with two attached hydrogens (primary N) is 1. The van der Waals surface area contributed by atoms with Crippen molar-refractivity contribution in [3.05, 3.63) is 69.7 Å². The number of aryl methyl sites for hydroxylation is 2. The molecule has 2 unspecified atom stereocenters. The molecule has 2 atom stereocenters. The summed E-state index contributed by atoms with van der Waals surface area (Å²) in [5.74, 6) is -0.158. The van der Waals surface area contributed by atoms with Crippen molar-refractivity contribution in [3.8, 4) is 0 Å². The first-order valence-electron chi connectivity index (χ1n) is 6.74. The first-order chi connectivity index (χ1) is 9.54. The Kier molecular flexibility index (Phi) is 4.81. The third-order valence-electron chi connectivity index (χ3n) is 3.65. The van der Waals surface area contributed by atoms with Crippen LogP contribution in [0, 0.1) is 13.8 Å². The van der Waals surface area contributed by atoms with E-state index in [0.717, 1.165) is 22.3 Å². The van der Waals surface area contributed by atoms with Gasteiger partial charge in [0.15, 0.2) is 0 Å². The summed E-state index contributed by atoms with van der Waals surface area (Å²) in [5.41, 5.74) is 9.77. The second kappa shape index (κ2) is 6.40. The van der Waals surface area contributed by atoms with Crippen molar-refractivity contribution in [1.29, 1.82) is 0 Å². The summed E-state index contributed by atoms with van der Waals surface area (Å²) in [6, 6.07) is 13.8. The summed E-state index contributed by atoms with van der Waals surface area (Å²) in [6.45, 7) is 4.33. The van der Waals surface area contributed by atoms with E-state index < -0.39 is 6.10 Å². The second-order valence-corrected chi connectivity index (χ2v) is 5.56. The summed E-state index contributed by atoms with van der Waals surface area (Å²) in [4.78, 5) is 0. The van der Waals surface area contributed by atoms with Gasteiger partial charge in [-0.3, -0.25) is 0 Å². The van der Waals surface area contributed by atoms with Gasteiger partial charge in [-0.1, -0.05) is 59.6 Å². The van der Waals surface area contributed by atoms with E-state index in [9.17, 15) is 5.11 Å². The standard InChI is InChI=1S/C17H20ClNO/c1-11-5-3-7-13(9-11)15(10-19)17(20)14-8-4-6-12(2)16(14)18/h3-9,15,17,20H,10,19H2,1-2H3. The van der Waals surface area contributed by atoms with Gasteiger partial charge in [0, 0.05) is 23.0 Å². The average Bonchev–Trinajstić information content (AvgIpc) is 2.42. The number of hydrogen-bond donors (Lipinski definition) is 2. The molecule has 2 aromatic rings. The van der Waals surface area contributed by atoms with Crippen LogP contribution in [-0.4, -0.2) is 11.7 Å². The highest BCUT2D eigenvalue weighted by Crippen LogP contribution is 2.35. The number of rotatable bonds is 4. The van der Waals surface area contributed by atoms with E-state index in [1.165, 1.54) is 0 Å². The number of aliphatic hydroxyl groups is 1. The van der Waals surface area contributed by atoms with E-state index in [1.807, 2.05) is 50.2 Å². The van der Waals surface area contributed by atoms with Crippen molar-refractivity contribution >= 4 is 11.6 Å². The summed E-state index contributed by atoms with van der Waals surface area (Å²) in [5, 5.41) is 11.3. The average molecular weight is 290 g/mol. The van der Waals surface area contributed by atoms with E-state index in [4.69, 9.17) is 17.3 Å². The minimum absolute atomic E-state index is 0.158. The van der Waals surface area contributed by atoms with E-state index in [-0.39, 0.29) is 5.92 Å². The van der Waals surface area contributed by atoms with Crippen LogP contribution in [0.15, 0.2) is 42.5 Å². The number of halogens is 1. The predicted molar refractivity (Wildman–Crippen MR) is 84.1 cm³/mol. The smallest absolute Gasteiger partial charge is 0.0885 e. The Hall–Kier alpha value is -1.35. The molecule has 0 heterocycles. The normalized spacial score (nSPS) is 14.1. The van der Waals surface area contributed by atoms with Crippen LogP contribution in [-0.2, 0) is 0 Å². The fourth-order valence-corrected chi connectivity index (χ4v) is 2.70. The molecular formula is C17H20ClNO. The molecule has 0 spiro atoms. The molecule has 0 saturated carbocycles. The molecule has 20 heavy (non-hydrogen) atoms. The molecule has 0 aliphatic rings. The Bertz CT molecular complexity index is 597. The van der Waals surface area contributed by atoms with Crippen molar-refractivity contribution in [3.63, 3.8) is 0 Å². The van der Waals surface area contributed by atoms with Crippen molar-refractivity contribution in [2.24, 2.45) is 5.73 Å². The van der Waals surface area contributed by atoms with Crippen LogP contribution in [0.25, 0.3) is 0 Å². The van der Waals surface area contributed by atoms with Gasteiger partial charge in [-0.2, -0.15) is 0 Å². The topological polar surface area (TPSA) is 46.2 Å². The Morgan fingerprint density at radius 1 is 1.15 bits per heavy atom. The van der Waals surface area contributed by atoms with Gasteiger partial charge in [-0.25, -0.2) is 0 Å². The lowest BCUT2D eigenvalue weighted by atomic mass is 9.88. The molecular weight excluding hydrogens is 270 g/mol. The van der Waals surface area contributed by atoms with Gasteiger partial charge in [0.05, 0.1) is 6.10 Å². The van der Waals surface area contributed by atoms with Gasteiger partial charge in [-0.15, -0.1) is 0 Å². The molecule has 2 rings (SSSR count). The zero-order chi connectivity index (χ0) is 14.7. The maximum absolute atomic E-state index is 10.7. The number of hydrogen-bond acceptors (Lipinski definition) is 2. The molecule has 3 N–H and O–H groups in total. The zero-order valence-electron chi connectivity index (χ0n) is 11.8. The molecule has 2 aromatic carbocycles. The van der Waals surface area contributed by atoms with Gasteiger partial charge < -0.3 is 10.8 Å². The Balaban J connectivity index is 2.39. The van der Waals surface area contributed by atoms with Gasteiger partial charge in [0.1, 0.15) is 0 Å². The largest absolute Gasteiger partial charge is 0.388 e. The van der Waals surface area contributed by atoms with Crippen LogP contribution in [0.3, 0.4) is 0 Å². The summed E-state index contributed by atoms with van der Waals surface area (Å²) < 4.78 is 0. The molecule has 0 aliphatic heterocycles. The highest BCUT2D eigenvalue weighted by molar-refractivity contribution is 6.32. The minimum atomic E-state index is -0.700. The molecule has 106 valence electrons. The van der Waals surface area contributed by atoms with E-state index in [0.29, 0.717) is 11.6 Å². The molecule has 3 heteroatoms. The molecule has 0 bridgehead atoms. The molecule has 0 amide bonds. The Morgan fingerprint density at radius 3 is 2.50 bits per heavy atom. The second-order valence-electron chi connectivity index (χ2n) is 5.18. The fourth-order valence-electron chi connectivity index (χ4n) is 2.46. The van der Waals surface area contributed by atoms with Gasteiger partial charge >= 0.3 is 0 Å². The van der Waals surface area contributed by atoms with Crippen molar-refractivity contribution in [1.82, 2.24) is 0 Å². The Morgan fingerprint density at radius 2 is 1.85 bits per heavy atom. The van der Waals surface area contributed by atoms with Gasteiger partial charge in [0.2, 0.25) is 0 Å². The highest BCUT2D eigenvalue weighted by atomic mass is 35.5. The Labute approximate surface area is 125 Å². The van der Waals surface area contributed by atoms with Crippen LogP contribution in [0.2, 0.25) is 5.02 Å². The SMILES string of the molecule is Cc1cccc(C(CN)C(O)c2cccc(C)c2Cl)c1. The molecule has 2 nitrogen and oxygen atoms in total. The molecule has 0 fully saturated rings. The molecule has 0 aromatic heterocycles. The van der Waals surface area contributed by atoms with Crippen molar-refractivity contribution in [2.45, 2.75) is 25.9 Å². The fraction of sp³-hybridized carbons (Fsp3) is 0.294. The first-order valence-corrected chi connectivity index (χ1v) is 7.12. The number of aliphatic hydroxyl groups excluding tert-OH is 1. The zero-order valence-corrected chi connectivity index (χ0v) is 12.6. The molecule has 0 radical (unpaired) electrons. The van der Waals surface area contributed by atoms with Crippen LogP contribution in [0.5, 0.6) is 0 Å². The lowest BCUT2D eigenvalue weighted by Crippen LogP contribution is -2.20. The third kappa shape index (κ3) is 3.04. The van der Waals surface area contributed by atoms with E-state index >= 15 is 0 Å². The van der Waals surface area contributed by atoms with Gasteiger partial charge in [-0.05, 0) is 25.0 Å². The summed E-state index contributed by atoms with van der Waals surface area (Å²) in [7, 11) is 0. The van der Waals surface area contributed by atoms with Crippen LogP contribution >= 0.6 is 11.6 Å². The molecule has 0 saturated heterocycles. The van der Waals surface area contributed by atoms with Crippen molar-refractivity contribution in [2.75, 3.05) is 6.54 Å². The monoisotopic (exact) mass is 289 g/mol. The lowest BCUT2D eigenvalue weighted by molar-refractivity contribution is 0.147. The maximum Gasteiger partial charge on any atom is 0.0885 e. The quantitative estimate of drug-likeness (QED) is 0.901. The van der Waals surface area contributed by atoms with Crippen LogP contribution in [0.4, 0.5) is 0 Å². The summed E-state index contributed by atoms with van der Waals surface area (Å²) >= 11 is 6.31.